The summed E-state index contributed by atoms with van der Waals surface area (Å²) < 4.78 is 0. The summed E-state index contributed by atoms with van der Waals surface area (Å²) in [5.41, 5.74) is 4.15. The molecule has 1 heterocycles. The van der Waals surface area contributed by atoms with E-state index < -0.39 is 0 Å². The number of aryl methyl sites for hydroxylation is 1. The number of nitrogens with zero attached hydrogens (tertiary/aromatic N) is 1. The van der Waals surface area contributed by atoms with Crippen molar-refractivity contribution in [1.82, 2.24) is 0 Å². The van der Waals surface area contributed by atoms with E-state index in [0.29, 0.717) is 28.3 Å². The molecular formula is C24H20N2O3S. The van der Waals surface area contributed by atoms with Crippen LogP contribution in [0.25, 0.3) is 0 Å². The molecule has 5 nitrogen and oxygen atoms in total. The molecule has 3 amide bonds. The maximum atomic E-state index is 12.7. The molecule has 1 aliphatic heterocycles. The Morgan fingerprint density at radius 1 is 0.900 bits per heavy atom. The van der Waals surface area contributed by atoms with Gasteiger partial charge in [-0.1, -0.05) is 48.0 Å². The normalized spacial score (nSPS) is 12.8. The summed E-state index contributed by atoms with van der Waals surface area (Å²) in [5, 5.41) is 2.84. The van der Waals surface area contributed by atoms with Gasteiger partial charge in [-0.15, -0.1) is 11.8 Å². The molecule has 0 aliphatic carbocycles. The van der Waals surface area contributed by atoms with Crippen LogP contribution in [-0.4, -0.2) is 23.5 Å². The maximum absolute atomic E-state index is 12.7. The highest BCUT2D eigenvalue weighted by molar-refractivity contribution is 7.99. The minimum Gasteiger partial charge on any atom is -0.325 e. The highest BCUT2D eigenvalue weighted by atomic mass is 32.2. The van der Waals surface area contributed by atoms with Crippen LogP contribution in [0.1, 0.15) is 31.8 Å². The van der Waals surface area contributed by atoms with Gasteiger partial charge in [0.2, 0.25) is 5.91 Å². The van der Waals surface area contributed by atoms with Crippen LogP contribution < -0.4 is 10.2 Å². The molecule has 0 saturated heterocycles. The van der Waals surface area contributed by atoms with Gasteiger partial charge in [0.25, 0.3) is 11.8 Å². The second kappa shape index (κ2) is 8.55. The third kappa shape index (κ3) is 4.14. The van der Waals surface area contributed by atoms with Gasteiger partial charge in [0.1, 0.15) is 0 Å². The Balaban J connectivity index is 1.39. The number of hydrogen-bond acceptors (Lipinski definition) is 4. The Kier molecular flexibility index (Phi) is 5.68. The van der Waals surface area contributed by atoms with E-state index in [9.17, 15) is 14.4 Å². The van der Waals surface area contributed by atoms with Crippen molar-refractivity contribution >= 4 is 40.9 Å². The van der Waals surface area contributed by atoms with Gasteiger partial charge in [0.15, 0.2) is 0 Å². The van der Waals surface area contributed by atoms with E-state index in [1.54, 1.807) is 48.5 Å². The molecule has 0 unspecified atom stereocenters. The number of anilines is 2. The highest BCUT2D eigenvalue weighted by Crippen LogP contribution is 2.29. The number of imide groups is 1. The van der Waals surface area contributed by atoms with Gasteiger partial charge in [-0.3, -0.25) is 14.4 Å². The Labute approximate surface area is 179 Å². The fraction of sp³-hybridized carbons (Fsp3) is 0.125. The number of fused-ring (bicyclic) bond motifs is 1. The van der Waals surface area contributed by atoms with E-state index in [0.717, 1.165) is 10.7 Å². The van der Waals surface area contributed by atoms with Gasteiger partial charge in [-0.25, -0.2) is 4.90 Å². The zero-order chi connectivity index (χ0) is 21.1. The number of carbonyl (C=O) groups is 3. The summed E-state index contributed by atoms with van der Waals surface area (Å²) in [4.78, 5) is 38.8. The molecule has 4 rings (SSSR count). The smallest absolute Gasteiger partial charge is 0.266 e. The molecule has 0 aromatic heterocycles. The van der Waals surface area contributed by atoms with Crippen LogP contribution in [0.2, 0.25) is 0 Å². The third-order valence-electron chi connectivity index (χ3n) is 4.80. The van der Waals surface area contributed by atoms with Crippen molar-refractivity contribution in [2.75, 3.05) is 16.0 Å². The fourth-order valence-corrected chi connectivity index (χ4v) is 4.08. The second-order valence-electron chi connectivity index (χ2n) is 7.07. The number of hydrogen-bond donors (Lipinski definition) is 1. The molecule has 0 spiro atoms. The van der Waals surface area contributed by atoms with Gasteiger partial charge in [-0.05, 0) is 42.8 Å². The minimum absolute atomic E-state index is 0.133. The number of nitrogens with one attached hydrogen (secondary N) is 1. The molecule has 0 saturated carbocycles. The van der Waals surface area contributed by atoms with Crippen molar-refractivity contribution in [1.29, 1.82) is 0 Å². The number of amides is 3. The Morgan fingerprint density at radius 3 is 2.23 bits per heavy atom. The first-order chi connectivity index (χ1) is 14.5. The van der Waals surface area contributed by atoms with Gasteiger partial charge in [0, 0.05) is 11.4 Å². The van der Waals surface area contributed by atoms with Crippen molar-refractivity contribution in [3.8, 4) is 0 Å². The molecule has 6 heteroatoms. The second-order valence-corrected chi connectivity index (χ2v) is 8.05. The lowest BCUT2D eigenvalue weighted by molar-refractivity contribution is -0.113. The highest BCUT2D eigenvalue weighted by Gasteiger charge is 2.36. The third-order valence-corrected chi connectivity index (χ3v) is 5.81. The Bertz CT molecular complexity index is 1090. The molecule has 0 bridgehead atoms. The molecule has 1 N–H and O–H groups in total. The van der Waals surface area contributed by atoms with E-state index in [4.69, 9.17) is 0 Å². The van der Waals surface area contributed by atoms with E-state index in [1.807, 2.05) is 6.92 Å². The largest absolute Gasteiger partial charge is 0.325 e. The SMILES string of the molecule is Cc1ccc(CSCC(=O)Nc2cccc(N3C(=O)c4ccccc4C3=O)c2)cc1. The monoisotopic (exact) mass is 416 g/mol. The van der Waals surface area contributed by atoms with Gasteiger partial charge in [0.05, 0.1) is 22.6 Å². The summed E-state index contributed by atoms with van der Waals surface area (Å²) in [6.45, 7) is 2.04. The van der Waals surface area contributed by atoms with Crippen LogP contribution in [0.3, 0.4) is 0 Å². The zero-order valence-corrected chi connectivity index (χ0v) is 17.2. The van der Waals surface area contributed by atoms with Crippen molar-refractivity contribution in [2.45, 2.75) is 12.7 Å². The quantitative estimate of drug-likeness (QED) is 0.593. The summed E-state index contributed by atoms with van der Waals surface area (Å²) in [6.07, 6.45) is 0. The zero-order valence-electron chi connectivity index (χ0n) is 16.4. The predicted molar refractivity (Wildman–Crippen MR) is 120 cm³/mol. The van der Waals surface area contributed by atoms with Gasteiger partial charge in [-0.2, -0.15) is 0 Å². The van der Waals surface area contributed by atoms with E-state index in [-0.39, 0.29) is 17.7 Å². The molecule has 30 heavy (non-hydrogen) atoms. The molecule has 0 atom stereocenters. The van der Waals surface area contributed by atoms with Gasteiger partial charge < -0.3 is 5.32 Å². The molecule has 150 valence electrons. The molecular weight excluding hydrogens is 396 g/mol. The van der Waals surface area contributed by atoms with Crippen molar-refractivity contribution in [3.63, 3.8) is 0 Å². The Morgan fingerprint density at radius 2 is 1.57 bits per heavy atom. The van der Waals surface area contributed by atoms with Crippen LogP contribution >= 0.6 is 11.8 Å². The molecule has 0 fully saturated rings. The van der Waals surface area contributed by atoms with E-state index >= 15 is 0 Å². The summed E-state index contributed by atoms with van der Waals surface area (Å²) in [5.74, 6) is 0.223. The van der Waals surface area contributed by atoms with Crippen LogP contribution in [0.4, 0.5) is 11.4 Å². The van der Waals surface area contributed by atoms with Gasteiger partial charge >= 0.3 is 0 Å². The lowest BCUT2D eigenvalue weighted by atomic mass is 10.1. The number of benzene rings is 3. The molecule has 3 aromatic rings. The van der Waals surface area contributed by atoms with Crippen molar-refractivity contribution in [2.24, 2.45) is 0 Å². The first-order valence-electron chi connectivity index (χ1n) is 9.54. The fourth-order valence-electron chi connectivity index (χ4n) is 3.29. The van der Waals surface area contributed by atoms with Crippen LogP contribution in [0, 0.1) is 6.92 Å². The average Bonchev–Trinajstić information content (AvgIpc) is 3.00. The average molecular weight is 417 g/mol. The van der Waals surface area contributed by atoms with Crippen LogP contribution in [-0.2, 0) is 10.5 Å². The standard InChI is InChI=1S/C24H20N2O3S/c1-16-9-11-17(12-10-16)14-30-15-22(27)25-18-5-4-6-19(13-18)26-23(28)20-7-2-3-8-21(20)24(26)29/h2-13H,14-15H2,1H3,(H,25,27). The Hall–Kier alpha value is -3.38. The topological polar surface area (TPSA) is 66.5 Å². The van der Waals surface area contributed by atoms with E-state index in [1.165, 1.54) is 22.9 Å². The van der Waals surface area contributed by atoms with Crippen LogP contribution in [0.5, 0.6) is 0 Å². The summed E-state index contributed by atoms with van der Waals surface area (Å²) in [6, 6.07) is 21.8. The summed E-state index contributed by atoms with van der Waals surface area (Å²) >= 11 is 1.53. The lowest BCUT2D eigenvalue weighted by Gasteiger charge is -2.15. The minimum atomic E-state index is -0.354. The number of thioether (sulfide) groups is 1. The molecule has 1 aliphatic rings. The predicted octanol–water partition coefficient (Wildman–Crippen LogP) is 4.67. The molecule has 3 aromatic carbocycles. The van der Waals surface area contributed by atoms with Crippen molar-refractivity contribution < 1.29 is 14.4 Å². The molecule has 0 radical (unpaired) electrons. The first kappa shape index (κ1) is 19.9. The van der Waals surface area contributed by atoms with Crippen LogP contribution in [0.15, 0.2) is 72.8 Å². The lowest BCUT2D eigenvalue weighted by Crippen LogP contribution is -2.29. The summed E-state index contributed by atoms with van der Waals surface area (Å²) in [7, 11) is 0. The van der Waals surface area contributed by atoms with Crippen molar-refractivity contribution in [3.05, 3.63) is 95.1 Å². The first-order valence-corrected chi connectivity index (χ1v) is 10.7. The maximum Gasteiger partial charge on any atom is 0.266 e. The number of rotatable bonds is 6. The number of carbonyl (C=O) groups excluding carboxylic acids is 3. The van der Waals surface area contributed by atoms with E-state index in [2.05, 4.69) is 29.6 Å².